The Morgan fingerprint density at radius 1 is 0.875 bits per heavy atom. The van der Waals surface area contributed by atoms with E-state index in [0.29, 0.717) is 5.92 Å². The fourth-order valence-electron chi connectivity index (χ4n) is 3.82. The lowest BCUT2D eigenvalue weighted by molar-refractivity contribution is 0.546. The van der Waals surface area contributed by atoms with Crippen LogP contribution in [0.25, 0.3) is 0 Å². The summed E-state index contributed by atoms with van der Waals surface area (Å²) in [5.41, 5.74) is 5.77. The summed E-state index contributed by atoms with van der Waals surface area (Å²) in [6.45, 7) is 20.3. The topological polar surface area (TPSA) is 12.0 Å². The predicted octanol–water partition coefficient (Wildman–Crippen LogP) is 8.25. The fourth-order valence-corrected chi connectivity index (χ4v) is 3.82. The molecular formula is C31H39N. The van der Waals surface area contributed by atoms with Crippen LogP contribution in [0.5, 0.6) is 0 Å². The second kappa shape index (κ2) is 12.7. The van der Waals surface area contributed by atoms with Gasteiger partial charge in [-0.2, -0.15) is 0 Å². The monoisotopic (exact) mass is 425 g/mol. The number of hydrogen-bond acceptors (Lipinski definition) is 1. The van der Waals surface area contributed by atoms with Gasteiger partial charge in [-0.15, -0.1) is 0 Å². The fraction of sp³-hybridized carbons (Fsp3) is 0.290. The van der Waals surface area contributed by atoms with Gasteiger partial charge in [0.1, 0.15) is 0 Å². The highest BCUT2D eigenvalue weighted by molar-refractivity contribution is 5.56. The summed E-state index contributed by atoms with van der Waals surface area (Å²) >= 11 is 0. The van der Waals surface area contributed by atoms with E-state index in [0.717, 1.165) is 37.1 Å². The van der Waals surface area contributed by atoms with Crippen molar-refractivity contribution in [3.8, 4) is 0 Å². The minimum Gasteiger partial charge on any atom is -0.385 e. The first kappa shape index (κ1) is 25.2. The Morgan fingerprint density at radius 3 is 2.22 bits per heavy atom. The molecule has 2 bridgehead atoms. The van der Waals surface area contributed by atoms with Crippen LogP contribution in [0, 0.1) is 11.3 Å². The third-order valence-corrected chi connectivity index (χ3v) is 6.00. The van der Waals surface area contributed by atoms with Crippen molar-refractivity contribution in [1.29, 1.82) is 0 Å². The normalized spacial score (nSPS) is 33.0. The van der Waals surface area contributed by atoms with Crippen molar-refractivity contribution in [2.75, 3.05) is 6.54 Å². The van der Waals surface area contributed by atoms with Gasteiger partial charge in [0.25, 0.3) is 0 Å². The molecule has 0 aromatic carbocycles. The first-order chi connectivity index (χ1) is 15.3. The van der Waals surface area contributed by atoms with E-state index in [1.807, 2.05) is 30.4 Å². The summed E-state index contributed by atoms with van der Waals surface area (Å²) in [5, 5.41) is 3.40. The Labute approximate surface area is 196 Å². The Hall–Kier alpha value is -3.06. The van der Waals surface area contributed by atoms with Gasteiger partial charge in [-0.05, 0) is 60.5 Å². The van der Waals surface area contributed by atoms with Gasteiger partial charge >= 0.3 is 0 Å². The minimum atomic E-state index is -0.0343. The van der Waals surface area contributed by atoms with Crippen molar-refractivity contribution in [1.82, 2.24) is 5.32 Å². The van der Waals surface area contributed by atoms with E-state index < -0.39 is 0 Å². The molecule has 0 fully saturated rings. The maximum absolute atomic E-state index is 4.39. The average Bonchev–Trinajstić information content (AvgIpc) is 2.99. The molecule has 0 aromatic rings. The molecule has 32 heavy (non-hydrogen) atoms. The van der Waals surface area contributed by atoms with Gasteiger partial charge in [0.2, 0.25) is 0 Å². The van der Waals surface area contributed by atoms with Crippen LogP contribution in [0.2, 0.25) is 0 Å². The highest BCUT2D eigenvalue weighted by Crippen LogP contribution is 2.48. The zero-order valence-corrected chi connectivity index (χ0v) is 20.1. The van der Waals surface area contributed by atoms with Crippen molar-refractivity contribution in [3.63, 3.8) is 0 Å². The number of rotatable bonds is 0. The van der Waals surface area contributed by atoms with E-state index in [4.69, 9.17) is 0 Å². The Bertz CT molecular complexity index is 939. The van der Waals surface area contributed by atoms with Crippen molar-refractivity contribution in [2.45, 2.75) is 40.0 Å². The lowest BCUT2D eigenvalue weighted by Gasteiger charge is -2.22. The van der Waals surface area contributed by atoms with E-state index in [-0.39, 0.29) is 5.41 Å². The SMILES string of the molecule is C=C1/C=C/CC/C=C/C2(C)CC(=C(C)C2=C)C(=C)/C=C/C=C\C=C/C=C/C=C\C(C)CN1. The van der Waals surface area contributed by atoms with E-state index in [1.165, 1.54) is 16.7 Å². The van der Waals surface area contributed by atoms with Crippen LogP contribution in [0.1, 0.15) is 40.0 Å². The van der Waals surface area contributed by atoms with Gasteiger partial charge in [0, 0.05) is 17.7 Å². The summed E-state index contributed by atoms with van der Waals surface area (Å²) in [4.78, 5) is 0. The van der Waals surface area contributed by atoms with Crippen molar-refractivity contribution in [3.05, 3.63) is 133 Å². The Kier molecular flexibility index (Phi) is 10.0. The van der Waals surface area contributed by atoms with Crippen LogP contribution in [0.4, 0.5) is 0 Å². The average molecular weight is 426 g/mol. The maximum atomic E-state index is 4.39. The summed E-state index contributed by atoms with van der Waals surface area (Å²) in [6, 6.07) is 0. The van der Waals surface area contributed by atoms with Crippen molar-refractivity contribution >= 4 is 0 Å². The standard InChI is InChI=1S/C31H39N/c1-25-19-15-11-9-7-8-10-12-16-20-26(2)30-23-31(6,29(5)28(30)4)22-18-14-13-17-21-27(3)32-24-25/h7-12,15-22,25,32H,2-3,5,13-14,23-24H2,1,4,6H3/b8-7-,11-9+,12-10-,19-15-,20-16+,21-17+,22-18+. The summed E-state index contributed by atoms with van der Waals surface area (Å²) in [5.74, 6) is 0.433. The van der Waals surface area contributed by atoms with Gasteiger partial charge in [-0.1, -0.05) is 113 Å². The second-order valence-corrected chi connectivity index (χ2v) is 8.87. The molecule has 1 aliphatic carbocycles. The van der Waals surface area contributed by atoms with Crippen molar-refractivity contribution in [2.24, 2.45) is 11.3 Å². The molecule has 0 radical (unpaired) electrons. The molecule has 2 rings (SSSR count). The predicted molar refractivity (Wildman–Crippen MR) is 143 cm³/mol. The van der Waals surface area contributed by atoms with Crippen LogP contribution in [-0.2, 0) is 0 Å². The molecule has 1 heterocycles. The van der Waals surface area contributed by atoms with E-state index in [1.54, 1.807) is 0 Å². The van der Waals surface area contributed by atoms with Gasteiger partial charge in [0.05, 0.1) is 0 Å². The first-order valence-corrected chi connectivity index (χ1v) is 11.5. The second-order valence-electron chi connectivity index (χ2n) is 8.87. The lowest BCUT2D eigenvalue weighted by atomic mass is 9.81. The number of hydrogen-bond donors (Lipinski definition) is 1. The summed E-state index contributed by atoms with van der Waals surface area (Å²) in [6.07, 6.45) is 32.5. The van der Waals surface area contributed by atoms with Crippen LogP contribution >= 0.6 is 0 Å². The lowest BCUT2D eigenvalue weighted by Crippen LogP contribution is -2.17. The highest BCUT2D eigenvalue weighted by Gasteiger charge is 2.34. The molecule has 1 N–H and O–H groups in total. The molecule has 2 aliphatic rings. The smallest absolute Gasteiger partial charge is 0.0264 e. The van der Waals surface area contributed by atoms with Gasteiger partial charge in [0.15, 0.2) is 0 Å². The maximum Gasteiger partial charge on any atom is 0.0264 e. The molecule has 1 nitrogen and oxygen atoms in total. The zero-order chi connectivity index (χ0) is 23.4. The number of fused-ring (bicyclic) bond motifs is 2. The van der Waals surface area contributed by atoms with E-state index >= 15 is 0 Å². The summed E-state index contributed by atoms with van der Waals surface area (Å²) < 4.78 is 0. The molecular weight excluding hydrogens is 386 g/mol. The largest absolute Gasteiger partial charge is 0.385 e. The molecule has 1 aliphatic heterocycles. The first-order valence-electron chi connectivity index (χ1n) is 11.5. The van der Waals surface area contributed by atoms with Crippen LogP contribution < -0.4 is 5.32 Å². The van der Waals surface area contributed by atoms with Crippen LogP contribution in [0.15, 0.2) is 133 Å². The third-order valence-electron chi connectivity index (χ3n) is 6.00. The van der Waals surface area contributed by atoms with Crippen molar-refractivity contribution < 1.29 is 0 Å². The van der Waals surface area contributed by atoms with E-state index in [2.05, 4.69) is 101 Å². The van der Waals surface area contributed by atoms with Crippen LogP contribution in [0.3, 0.4) is 0 Å². The molecule has 2 atom stereocenters. The molecule has 0 saturated heterocycles. The van der Waals surface area contributed by atoms with Gasteiger partial charge in [-0.25, -0.2) is 0 Å². The van der Waals surface area contributed by atoms with Gasteiger partial charge < -0.3 is 5.32 Å². The van der Waals surface area contributed by atoms with Gasteiger partial charge in [-0.3, -0.25) is 0 Å². The number of allylic oxidation sites excluding steroid dienone is 17. The Morgan fingerprint density at radius 2 is 1.50 bits per heavy atom. The molecule has 1 heteroatoms. The number of nitrogens with one attached hydrogen (secondary N) is 1. The van der Waals surface area contributed by atoms with Crippen LogP contribution in [-0.4, -0.2) is 6.54 Å². The Balaban J connectivity index is 2.15. The minimum absolute atomic E-state index is 0.0343. The molecule has 2 unspecified atom stereocenters. The quantitative estimate of drug-likeness (QED) is 0.385. The molecule has 168 valence electrons. The zero-order valence-electron chi connectivity index (χ0n) is 20.1. The highest BCUT2D eigenvalue weighted by atomic mass is 14.9. The van der Waals surface area contributed by atoms with E-state index in [9.17, 15) is 0 Å². The third kappa shape index (κ3) is 7.89. The molecule has 0 aromatic heterocycles. The molecule has 0 spiro atoms. The molecule has 0 saturated carbocycles. The summed E-state index contributed by atoms with van der Waals surface area (Å²) in [7, 11) is 0. The molecule has 0 amide bonds.